The predicted molar refractivity (Wildman–Crippen MR) is 86.4 cm³/mol. The van der Waals surface area contributed by atoms with E-state index in [9.17, 15) is 0 Å². The highest BCUT2D eigenvalue weighted by atomic mass is 16.5. The number of nitrogens with one attached hydrogen (secondary N) is 1. The monoisotopic (exact) mass is 278 g/mol. The van der Waals surface area contributed by atoms with Crippen LogP contribution in [0.1, 0.15) is 45.7 Å². The molecule has 20 heavy (non-hydrogen) atoms. The first-order valence-corrected chi connectivity index (χ1v) is 7.74. The molecular weight excluding hydrogens is 248 g/mol. The molecule has 1 N–H and O–H groups in total. The topological polar surface area (TPSA) is 24.5 Å². The maximum atomic E-state index is 5.51. The fraction of sp³-hybridized carbons (Fsp3) is 0.647. The highest BCUT2D eigenvalue weighted by molar-refractivity contribution is 5.29. The van der Waals surface area contributed by atoms with Crippen molar-refractivity contribution in [2.24, 2.45) is 0 Å². The van der Waals surface area contributed by atoms with Gasteiger partial charge in [-0.15, -0.1) is 0 Å². The van der Waals surface area contributed by atoms with Crippen LogP contribution in [0.5, 0.6) is 5.75 Å². The van der Waals surface area contributed by atoms with Crippen molar-refractivity contribution in [3.63, 3.8) is 0 Å². The summed E-state index contributed by atoms with van der Waals surface area (Å²) in [6.45, 7) is 11.5. The van der Waals surface area contributed by atoms with Gasteiger partial charge in [0.2, 0.25) is 0 Å². The van der Waals surface area contributed by atoms with E-state index in [2.05, 4.69) is 62.3 Å². The molecule has 1 unspecified atom stereocenters. The van der Waals surface area contributed by atoms with Crippen molar-refractivity contribution >= 4 is 0 Å². The Bertz CT molecular complexity index is 362. The fourth-order valence-corrected chi connectivity index (χ4v) is 2.07. The van der Waals surface area contributed by atoms with E-state index in [1.807, 2.05) is 6.92 Å². The molecule has 0 aliphatic heterocycles. The lowest BCUT2D eigenvalue weighted by Crippen LogP contribution is -2.36. The van der Waals surface area contributed by atoms with Gasteiger partial charge in [0.05, 0.1) is 6.61 Å². The van der Waals surface area contributed by atoms with E-state index in [0.29, 0.717) is 18.7 Å². The molecule has 0 radical (unpaired) electrons. The number of hydrogen-bond acceptors (Lipinski definition) is 3. The number of likely N-dealkylation sites (N-methyl/N-ethyl adjacent to an activating group) is 1. The van der Waals surface area contributed by atoms with Gasteiger partial charge in [-0.05, 0) is 58.5 Å². The maximum absolute atomic E-state index is 5.51. The van der Waals surface area contributed by atoms with Crippen molar-refractivity contribution < 1.29 is 4.74 Å². The molecule has 0 aromatic heterocycles. The zero-order chi connectivity index (χ0) is 15.0. The van der Waals surface area contributed by atoms with Crippen molar-refractivity contribution in [1.82, 2.24) is 10.2 Å². The second-order valence-corrected chi connectivity index (χ2v) is 5.54. The Balaban J connectivity index is 2.75. The molecule has 3 heteroatoms. The van der Waals surface area contributed by atoms with Gasteiger partial charge in [0.1, 0.15) is 5.75 Å². The van der Waals surface area contributed by atoms with E-state index in [-0.39, 0.29) is 0 Å². The Hall–Kier alpha value is -1.06. The second kappa shape index (κ2) is 8.98. The summed E-state index contributed by atoms with van der Waals surface area (Å²) in [5.74, 6) is 0.947. The Morgan fingerprint density at radius 1 is 1.15 bits per heavy atom. The van der Waals surface area contributed by atoms with Crippen LogP contribution in [0, 0.1) is 0 Å². The Morgan fingerprint density at radius 3 is 2.30 bits per heavy atom. The first-order valence-electron chi connectivity index (χ1n) is 7.74. The van der Waals surface area contributed by atoms with Gasteiger partial charge in [-0.1, -0.05) is 19.1 Å². The summed E-state index contributed by atoms with van der Waals surface area (Å²) in [6.07, 6.45) is 1.15. The van der Waals surface area contributed by atoms with E-state index in [1.165, 1.54) is 5.56 Å². The predicted octanol–water partition coefficient (Wildman–Crippen LogP) is 3.47. The summed E-state index contributed by atoms with van der Waals surface area (Å²) in [7, 11) is 2.18. The summed E-state index contributed by atoms with van der Waals surface area (Å²) >= 11 is 0. The summed E-state index contributed by atoms with van der Waals surface area (Å²) in [5, 5.41) is 3.64. The summed E-state index contributed by atoms with van der Waals surface area (Å²) in [5.41, 5.74) is 1.33. The van der Waals surface area contributed by atoms with E-state index >= 15 is 0 Å². The molecule has 0 fully saturated rings. The van der Waals surface area contributed by atoms with Gasteiger partial charge in [0, 0.05) is 18.6 Å². The SMILES string of the molecule is CCCNC(CN(C)C(C)C)c1ccc(OCC)cc1. The van der Waals surface area contributed by atoms with Crippen LogP contribution in [0.25, 0.3) is 0 Å². The molecule has 1 rings (SSSR count). The maximum Gasteiger partial charge on any atom is 0.119 e. The number of rotatable bonds is 9. The highest BCUT2D eigenvalue weighted by Crippen LogP contribution is 2.19. The first-order chi connectivity index (χ1) is 9.58. The highest BCUT2D eigenvalue weighted by Gasteiger charge is 2.15. The molecule has 0 saturated heterocycles. The molecule has 0 spiro atoms. The summed E-state index contributed by atoms with van der Waals surface area (Å²) in [6, 6.07) is 9.41. The van der Waals surface area contributed by atoms with Crippen LogP contribution < -0.4 is 10.1 Å². The minimum absolute atomic E-state index is 0.373. The first kappa shape index (κ1) is 17.0. The van der Waals surface area contributed by atoms with Crippen molar-refractivity contribution in [3.05, 3.63) is 29.8 Å². The van der Waals surface area contributed by atoms with E-state index in [0.717, 1.165) is 25.3 Å². The average molecular weight is 278 g/mol. The zero-order valence-corrected chi connectivity index (χ0v) is 13.6. The van der Waals surface area contributed by atoms with Crippen LogP contribution in [0.3, 0.4) is 0 Å². The molecule has 3 nitrogen and oxygen atoms in total. The minimum atomic E-state index is 0.373. The number of nitrogens with zero attached hydrogens (tertiary/aromatic N) is 1. The standard InChI is InChI=1S/C17H30N2O/c1-6-12-18-17(13-19(5)14(3)4)15-8-10-16(11-9-15)20-7-2/h8-11,14,17-18H,6-7,12-13H2,1-5H3. The van der Waals surface area contributed by atoms with E-state index in [1.54, 1.807) is 0 Å². The van der Waals surface area contributed by atoms with Crippen LogP contribution in [0.15, 0.2) is 24.3 Å². The van der Waals surface area contributed by atoms with Crippen LogP contribution in [0.4, 0.5) is 0 Å². The normalized spacial score (nSPS) is 12.9. The second-order valence-electron chi connectivity index (χ2n) is 5.54. The van der Waals surface area contributed by atoms with Crippen LogP contribution in [-0.2, 0) is 0 Å². The minimum Gasteiger partial charge on any atom is -0.494 e. The lowest BCUT2D eigenvalue weighted by Gasteiger charge is -2.28. The van der Waals surface area contributed by atoms with Gasteiger partial charge in [-0.25, -0.2) is 0 Å². The van der Waals surface area contributed by atoms with Gasteiger partial charge in [-0.3, -0.25) is 0 Å². The van der Waals surface area contributed by atoms with Crippen LogP contribution in [0.2, 0.25) is 0 Å². The molecule has 1 aromatic rings. The van der Waals surface area contributed by atoms with Gasteiger partial charge in [0.15, 0.2) is 0 Å². The van der Waals surface area contributed by atoms with Crippen molar-refractivity contribution in [2.45, 2.75) is 46.2 Å². The van der Waals surface area contributed by atoms with Gasteiger partial charge < -0.3 is 15.0 Å². The summed E-state index contributed by atoms with van der Waals surface area (Å²) in [4.78, 5) is 2.38. The van der Waals surface area contributed by atoms with Gasteiger partial charge in [0.25, 0.3) is 0 Å². The molecule has 0 amide bonds. The third-order valence-electron chi connectivity index (χ3n) is 3.59. The van der Waals surface area contributed by atoms with Crippen molar-refractivity contribution in [2.75, 3.05) is 26.7 Å². The molecule has 1 atom stereocenters. The molecule has 0 saturated carbocycles. The fourth-order valence-electron chi connectivity index (χ4n) is 2.07. The molecular formula is C17H30N2O. The average Bonchev–Trinajstić information content (AvgIpc) is 2.44. The lowest BCUT2D eigenvalue weighted by atomic mass is 10.1. The Kier molecular flexibility index (Phi) is 7.63. The van der Waals surface area contributed by atoms with Gasteiger partial charge >= 0.3 is 0 Å². The van der Waals surface area contributed by atoms with Crippen molar-refractivity contribution in [3.8, 4) is 5.75 Å². The molecule has 0 heterocycles. The van der Waals surface area contributed by atoms with Crippen LogP contribution in [-0.4, -0.2) is 37.7 Å². The number of ether oxygens (including phenoxy) is 1. The quantitative estimate of drug-likeness (QED) is 0.748. The third kappa shape index (κ3) is 5.51. The van der Waals surface area contributed by atoms with E-state index < -0.39 is 0 Å². The molecule has 1 aromatic carbocycles. The number of benzene rings is 1. The van der Waals surface area contributed by atoms with E-state index in [4.69, 9.17) is 4.74 Å². The number of hydrogen-bond donors (Lipinski definition) is 1. The largest absolute Gasteiger partial charge is 0.494 e. The Labute approximate surface area is 124 Å². The molecule has 0 bridgehead atoms. The molecule has 0 aliphatic carbocycles. The van der Waals surface area contributed by atoms with Crippen molar-refractivity contribution in [1.29, 1.82) is 0 Å². The van der Waals surface area contributed by atoms with Crippen LogP contribution >= 0.6 is 0 Å². The lowest BCUT2D eigenvalue weighted by molar-refractivity contribution is 0.242. The molecule has 0 aliphatic rings. The van der Waals surface area contributed by atoms with Gasteiger partial charge in [-0.2, -0.15) is 0 Å². The smallest absolute Gasteiger partial charge is 0.119 e. The molecule has 114 valence electrons. The third-order valence-corrected chi connectivity index (χ3v) is 3.59. The zero-order valence-electron chi connectivity index (χ0n) is 13.6. The Morgan fingerprint density at radius 2 is 1.80 bits per heavy atom. The summed E-state index contributed by atoms with van der Waals surface area (Å²) < 4.78 is 5.51.